The summed E-state index contributed by atoms with van der Waals surface area (Å²) in [5.41, 5.74) is 2.47. The highest BCUT2D eigenvalue weighted by Gasteiger charge is 2.17. The Morgan fingerprint density at radius 3 is 2.74 bits per heavy atom. The molecule has 0 atom stereocenters. The molecule has 0 aliphatic rings. The van der Waals surface area contributed by atoms with Crippen LogP contribution in [-0.4, -0.2) is 56.1 Å². The summed E-state index contributed by atoms with van der Waals surface area (Å²) >= 11 is 1.38. The van der Waals surface area contributed by atoms with E-state index in [4.69, 9.17) is 18.6 Å². The lowest BCUT2D eigenvalue weighted by Crippen LogP contribution is -2.22. The van der Waals surface area contributed by atoms with E-state index in [1.807, 2.05) is 31.4 Å². The molecule has 0 saturated carbocycles. The number of hydrogen-bond acceptors (Lipinski definition) is 8. The number of likely N-dealkylation sites (N-methyl/N-ethyl adjacent to an activating group) is 1. The summed E-state index contributed by atoms with van der Waals surface area (Å²) in [6.45, 7) is 1.38. The van der Waals surface area contributed by atoms with Crippen LogP contribution in [0.15, 0.2) is 28.8 Å². The Morgan fingerprint density at radius 1 is 1.19 bits per heavy atom. The lowest BCUT2D eigenvalue weighted by Gasteiger charge is -2.20. The molecule has 0 N–H and O–H groups in total. The van der Waals surface area contributed by atoms with Crippen molar-refractivity contribution in [2.75, 3.05) is 46.4 Å². The highest BCUT2D eigenvalue weighted by molar-refractivity contribution is 7.18. The zero-order chi connectivity index (χ0) is 19.0. The van der Waals surface area contributed by atoms with Crippen LogP contribution in [0.1, 0.15) is 0 Å². The molecule has 0 saturated heterocycles. The monoisotopic (exact) mass is 388 g/mol. The molecule has 0 unspecified atom stereocenters. The molecule has 0 fully saturated rings. The quantitative estimate of drug-likeness (QED) is 0.481. The molecule has 9 heteroatoms. The maximum atomic E-state index is 6.08. The third-order valence-corrected chi connectivity index (χ3v) is 5.20. The largest absolute Gasteiger partial charge is 0.497 e. The van der Waals surface area contributed by atoms with Crippen LogP contribution in [0.3, 0.4) is 0 Å². The summed E-state index contributed by atoms with van der Waals surface area (Å²) < 4.78 is 23.5. The van der Waals surface area contributed by atoms with Crippen molar-refractivity contribution in [2.45, 2.75) is 0 Å². The van der Waals surface area contributed by atoms with Gasteiger partial charge in [-0.15, -0.1) is 5.10 Å². The molecule has 0 aliphatic carbocycles. The van der Waals surface area contributed by atoms with Gasteiger partial charge >= 0.3 is 0 Å². The van der Waals surface area contributed by atoms with Crippen molar-refractivity contribution in [3.05, 3.63) is 24.4 Å². The number of fused-ring (bicyclic) bond motifs is 2. The van der Waals surface area contributed by atoms with E-state index in [0.717, 1.165) is 39.6 Å². The van der Waals surface area contributed by atoms with Crippen molar-refractivity contribution < 1.29 is 18.6 Å². The van der Waals surface area contributed by atoms with Crippen molar-refractivity contribution in [3.63, 3.8) is 0 Å². The molecule has 4 aromatic rings. The summed E-state index contributed by atoms with van der Waals surface area (Å²) in [6.07, 6.45) is 1.83. The molecule has 27 heavy (non-hydrogen) atoms. The SMILES string of the molecule is COCCN(C)c1cc(OC)cc2oc(-c3cn4nc(OC)sc4n3)cc12. The van der Waals surface area contributed by atoms with Gasteiger partial charge < -0.3 is 23.5 Å². The van der Waals surface area contributed by atoms with Crippen LogP contribution in [0.5, 0.6) is 10.9 Å². The maximum Gasteiger partial charge on any atom is 0.294 e. The Labute approximate surface area is 159 Å². The molecule has 3 heterocycles. The summed E-state index contributed by atoms with van der Waals surface area (Å²) in [7, 11) is 6.95. The van der Waals surface area contributed by atoms with Gasteiger partial charge in [-0.3, -0.25) is 0 Å². The molecule has 0 amide bonds. The van der Waals surface area contributed by atoms with Gasteiger partial charge in [-0.05, 0) is 17.4 Å². The van der Waals surface area contributed by atoms with Crippen molar-refractivity contribution >= 4 is 33.0 Å². The molecule has 3 aromatic heterocycles. The van der Waals surface area contributed by atoms with Crippen molar-refractivity contribution in [3.8, 4) is 22.4 Å². The van der Waals surface area contributed by atoms with Gasteiger partial charge in [-0.2, -0.15) is 0 Å². The lowest BCUT2D eigenvalue weighted by molar-refractivity contribution is 0.206. The van der Waals surface area contributed by atoms with E-state index in [2.05, 4.69) is 15.0 Å². The summed E-state index contributed by atoms with van der Waals surface area (Å²) in [5.74, 6) is 1.41. The van der Waals surface area contributed by atoms with Crippen LogP contribution in [0.2, 0.25) is 0 Å². The molecule has 142 valence electrons. The Hall–Kier alpha value is -2.78. The number of nitrogens with zero attached hydrogens (tertiary/aromatic N) is 4. The van der Waals surface area contributed by atoms with E-state index in [1.54, 1.807) is 25.8 Å². The van der Waals surface area contributed by atoms with Crippen molar-refractivity contribution in [1.29, 1.82) is 0 Å². The summed E-state index contributed by atoms with van der Waals surface area (Å²) in [5, 5.41) is 5.87. The standard InChI is InChI=1S/C18H20N4O4S/c1-21(5-6-23-2)14-7-11(24-3)8-15-12(14)9-16(26-15)13-10-22-17(19-13)27-18(20-22)25-4/h7-10H,5-6H2,1-4H3. The minimum absolute atomic E-state index is 0.570. The smallest absolute Gasteiger partial charge is 0.294 e. The topological polar surface area (TPSA) is 74.3 Å². The highest BCUT2D eigenvalue weighted by Crippen LogP contribution is 2.37. The van der Waals surface area contributed by atoms with Crippen LogP contribution >= 0.6 is 11.3 Å². The Kier molecular flexibility index (Phi) is 4.63. The molecular formula is C18H20N4O4S. The number of rotatable bonds is 7. The third kappa shape index (κ3) is 3.19. The van der Waals surface area contributed by atoms with Crippen LogP contribution in [0.25, 0.3) is 27.4 Å². The van der Waals surface area contributed by atoms with Crippen LogP contribution < -0.4 is 14.4 Å². The second kappa shape index (κ2) is 7.09. The Balaban J connectivity index is 1.78. The van der Waals surface area contributed by atoms with Crippen molar-refractivity contribution in [2.24, 2.45) is 0 Å². The maximum absolute atomic E-state index is 6.08. The molecule has 0 aliphatic heterocycles. The number of imidazole rings is 1. The number of ether oxygens (including phenoxy) is 3. The molecular weight excluding hydrogens is 368 g/mol. The predicted octanol–water partition coefficient (Wildman–Crippen LogP) is 3.30. The first-order chi connectivity index (χ1) is 13.1. The van der Waals surface area contributed by atoms with E-state index < -0.39 is 0 Å². The minimum Gasteiger partial charge on any atom is -0.497 e. The highest BCUT2D eigenvalue weighted by atomic mass is 32.1. The molecule has 0 radical (unpaired) electrons. The fourth-order valence-corrected chi connectivity index (χ4v) is 3.59. The van der Waals surface area contributed by atoms with E-state index in [1.165, 1.54) is 11.3 Å². The fraction of sp³-hybridized carbons (Fsp3) is 0.333. The van der Waals surface area contributed by atoms with Crippen molar-refractivity contribution in [1.82, 2.24) is 14.6 Å². The van der Waals surface area contributed by atoms with Gasteiger partial charge in [0.25, 0.3) is 5.19 Å². The molecule has 0 bridgehead atoms. The predicted molar refractivity (Wildman–Crippen MR) is 104 cm³/mol. The van der Waals surface area contributed by atoms with E-state index >= 15 is 0 Å². The van der Waals surface area contributed by atoms with Gasteiger partial charge in [0.05, 0.1) is 32.7 Å². The average molecular weight is 388 g/mol. The van der Waals surface area contributed by atoms with Gasteiger partial charge in [0, 0.05) is 38.2 Å². The number of aromatic nitrogens is 3. The Morgan fingerprint density at radius 2 is 2.04 bits per heavy atom. The first-order valence-corrected chi connectivity index (χ1v) is 9.17. The third-order valence-electron chi connectivity index (χ3n) is 4.32. The van der Waals surface area contributed by atoms with Gasteiger partial charge in [-0.1, -0.05) is 0 Å². The molecule has 4 rings (SSSR count). The van der Waals surface area contributed by atoms with Crippen LogP contribution in [0, 0.1) is 0 Å². The van der Waals surface area contributed by atoms with Crippen LogP contribution in [0.4, 0.5) is 5.69 Å². The number of methoxy groups -OCH3 is 3. The number of hydrogen-bond donors (Lipinski definition) is 0. The molecule has 0 spiro atoms. The molecule has 1 aromatic carbocycles. The average Bonchev–Trinajstić information content (AvgIpc) is 3.36. The van der Waals surface area contributed by atoms with E-state index in [9.17, 15) is 0 Å². The van der Waals surface area contributed by atoms with Gasteiger partial charge in [0.2, 0.25) is 4.96 Å². The normalized spacial score (nSPS) is 11.4. The van der Waals surface area contributed by atoms with E-state index in [0.29, 0.717) is 17.6 Å². The van der Waals surface area contributed by atoms with Gasteiger partial charge in [0.1, 0.15) is 17.0 Å². The summed E-state index contributed by atoms with van der Waals surface area (Å²) in [6, 6.07) is 5.87. The first kappa shape index (κ1) is 17.6. The zero-order valence-corrected chi connectivity index (χ0v) is 16.4. The van der Waals surface area contributed by atoms with Gasteiger partial charge in [-0.25, -0.2) is 9.50 Å². The molecule has 8 nitrogen and oxygen atoms in total. The number of furan rings is 1. The van der Waals surface area contributed by atoms with Gasteiger partial charge in [0.15, 0.2) is 5.76 Å². The van der Waals surface area contributed by atoms with E-state index in [-0.39, 0.29) is 0 Å². The minimum atomic E-state index is 0.570. The lowest BCUT2D eigenvalue weighted by atomic mass is 10.2. The van der Waals surface area contributed by atoms with Crippen LogP contribution in [-0.2, 0) is 4.74 Å². The summed E-state index contributed by atoms with van der Waals surface area (Å²) in [4.78, 5) is 7.46. The fourth-order valence-electron chi connectivity index (χ4n) is 2.89. The second-order valence-electron chi connectivity index (χ2n) is 6.01. The number of benzene rings is 1. The first-order valence-electron chi connectivity index (χ1n) is 8.35. The second-order valence-corrected chi connectivity index (χ2v) is 6.93. The zero-order valence-electron chi connectivity index (χ0n) is 15.6. The number of anilines is 1. The Bertz CT molecular complexity index is 1050.